The summed E-state index contributed by atoms with van der Waals surface area (Å²) in [4.78, 5) is 12.4. The highest BCUT2D eigenvalue weighted by Gasteiger charge is 2.08. The van der Waals surface area contributed by atoms with Gasteiger partial charge in [-0.15, -0.1) is 11.8 Å². The van der Waals surface area contributed by atoms with E-state index >= 15 is 0 Å². The maximum absolute atomic E-state index is 13.5. The van der Waals surface area contributed by atoms with Gasteiger partial charge in [0.1, 0.15) is 18.2 Å². The van der Waals surface area contributed by atoms with Gasteiger partial charge in [-0.3, -0.25) is 4.79 Å². The van der Waals surface area contributed by atoms with Crippen molar-refractivity contribution < 1.29 is 13.9 Å². The molecule has 23 heavy (non-hydrogen) atoms. The molecule has 0 saturated heterocycles. The Morgan fingerprint density at radius 3 is 2.74 bits per heavy atom. The molecule has 0 fully saturated rings. The molecule has 2 aromatic rings. The van der Waals surface area contributed by atoms with E-state index in [9.17, 15) is 9.18 Å². The van der Waals surface area contributed by atoms with Crippen molar-refractivity contribution in [3.63, 3.8) is 0 Å². The van der Waals surface area contributed by atoms with Crippen LogP contribution in [0, 0.1) is 5.82 Å². The normalized spacial score (nSPS) is 10.1. The Bertz CT molecular complexity index is 676. The van der Waals surface area contributed by atoms with Crippen molar-refractivity contribution in [3.8, 4) is 5.75 Å². The smallest absolute Gasteiger partial charge is 0.230 e. The Hall–Kier alpha value is -2.27. The predicted molar refractivity (Wildman–Crippen MR) is 91.1 cm³/mol. The van der Waals surface area contributed by atoms with E-state index in [1.807, 2.05) is 24.3 Å². The maximum atomic E-state index is 13.5. The van der Waals surface area contributed by atoms with Gasteiger partial charge in [0.25, 0.3) is 0 Å². The van der Waals surface area contributed by atoms with Gasteiger partial charge in [-0.2, -0.15) is 0 Å². The highest BCUT2D eigenvalue weighted by molar-refractivity contribution is 8.00. The van der Waals surface area contributed by atoms with Crippen molar-refractivity contribution in [1.29, 1.82) is 0 Å². The molecule has 1 amide bonds. The summed E-state index contributed by atoms with van der Waals surface area (Å²) in [5.74, 6) is 0.413. The second-order valence-electron chi connectivity index (χ2n) is 4.70. The minimum Gasteiger partial charge on any atom is -0.489 e. The minimum atomic E-state index is -0.312. The van der Waals surface area contributed by atoms with Gasteiger partial charge in [0, 0.05) is 17.0 Å². The number of halogens is 1. The Labute approximate surface area is 139 Å². The molecule has 0 atom stereocenters. The fourth-order valence-electron chi connectivity index (χ4n) is 1.89. The van der Waals surface area contributed by atoms with Crippen LogP contribution in [0.4, 0.5) is 4.39 Å². The van der Waals surface area contributed by atoms with Gasteiger partial charge < -0.3 is 10.1 Å². The number of carbonyl (C=O) groups excluding carboxylic acids is 1. The highest BCUT2D eigenvalue weighted by Crippen LogP contribution is 2.21. The van der Waals surface area contributed by atoms with Crippen molar-refractivity contribution in [2.75, 3.05) is 12.4 Å². The maximum Gasteiger partial charge on any atom is 0.230 e. The number of amides is 1. The number of thioether (sulfide) groups is 1. The van der Waals surface area contributed by atoms with Gasteiger partial charge in [0.05, 0.1) is 5.75 Å². The van der Waals surface area contributed by atoms with E-state index in [0.717, 1.165) is 11.3 Å². The quantitative estimate of drug-likeness (QED) is 0.591. The number of para-hydroxylation sites is 1. The van der Waals surface area contributed by atoms with E-state index in [1.54, 1.807) is 24.3 Å². The van der Waals surface area contributed by atoms with Crippen LogP contribution in [0.15, 0.2) is 66.1 Å². The average molecular weight is 331 g/mol. The lowest BCUT2D eigenvalue weighted by Crippen LogP contribution is -2.24. The van der Waals surface area contributed by atoms with Gasteiger partial charge in [-0.1, -0.05) is 43.0 Å². The molecule has 0 aromatic heterocycles. The first-order valence-corrected chi connectivity index (χ1v) is 8.15. The molecular weight excluding hydrogens is 313 g/mol. The summed E-state index contributed by atoms with van der Waals surface area (Å²) in [5.41, 5.74) is 0.888. The summed E-state index contributed by atoms with van der Waals surface area (Å²) in [6, 6.07) is 13.9. The first-order valence-electron chi connectivity index (χ1n) is 7.16. The SMILES string of the molecule is C=CCOc1ccccc1CNC(=O)CSc1ccccc1F. The molecule has 0 unspecified atom stereocenters. The average Bonchev–Trinajstić information content (AvgIpc) is 2.58. The molecule has 0 aliphatic rings. The number of nitrogens with one attached hydrogen (secondary N) is 1. The van der Waals surface area contributed by atoms with Crippen LogP contribution in [0.25, 0.3) is 0 Å². The first-order chi connectivity index (χ1) is 11.2. The van der Waals surface area contributed by atoms with Crippen LogP contribution in [0.3, 0.4) is 0 Å². The van der Waals surface area contributed by atoms with Crippen molar-refractivity contribution >= 4 is 17.7 Å². The van der Waals surface area contributed by atoms with Crippen molar-refractivity contribution in [3.05, 3.63) is 72.6 Å². The molecule has 0 aliphatic carbocycles. The van der Waals surface area contributed by atoms with Crippen LogP contribution in [0.5, 0.6) is 5.75 Å². The summed E-state index contributed by atoms with van der Waals surface area (Å²) in [6.45, 7) is 4.39. The van der Waals surface area contributed by atoms with Crippen LogP contribution in [-0.2, 0) is 11.3 Å². The van der Waals surface area contributed by atoms with E-state index < -0.39 is 0 Å². The summed E-state index contributed by atoms with van der Waals surface area (Å²) in [7, 11) is 0. The standard InChI is InChI=1S/C18H18FNO2S/c1-2-11-22-16-9-5-3-7-14(16)12-20-18(21)13-23-17-10-6-4-8-15(17)19/h2-10H,1,11-13H2,(H,20,21). The van der Waals surface area contributed by atoms with E-state index in [1.165, 1.54) is 17.8 Å². The number of hydrogen-bond acceptors (Lipinski definition) is 3. The van der Waals surface area contributed by atoms with Crippen LogP contribution < -0.4 is 10.1 Å². The first kappa shape index (κ1) is 17.1. The summed E-state index contributed by atoms with van der Waals surface area (Å²) >= 11 is 1.18. The summed E-state index contributed by atoms with van der Waals surface area (Å²) < 4.78 is 19.0. The number of benzene rings is 2. The fraction of sp³-hybridized carbons (Fsp3) is 0.167. The zero-order valence-corrected chi connectivity index (χ0v) is 13.4. The van der Waals surface area contributed by atoms with E-state index in [0.29, 0.717) is 18.0 Å². The molecule has 0 spiro atoms. The molecule has 1 N–H and O–H groups in total. The summed E-state index contributed by atoms with van der Waals surface area (Å²) in [5, 5.41) is 2.82. The van der Waals surface area contributed by atoms with Crippen molar-refractivity contribution in [2.45, 2.75) is 11.4 Å². The number of hydrogen-bond donors (Lipinski definition) is 1. The Morgan fingerprint density at radius 1 is 1.22 bits per heavy atom. The Balaban J connectivity index is 1.85. The predicted octanol–water partition coefficient (Wildman–Crippen LogP) is 3.80. The zero-order valence-electron chi connectivity index (χ0n) is 12.6. The molecule has 120 valence electrons. The van der Waals surface area contributed by atoms with Crippen LogP contribution in [0.2, 0.25) is 0 Å². The van der Waals surface area contributed by atoms with Gasteiger partial charge >= 0.3 is 0 Å². The molecule has 0 aliphatic heterocycles. The van der Waals surface area contributed by atoms with Gasteiger partial charge in [-0.25, -0.2) is 4.39 Å². The molecule has 0 saturated carbocycles. The zero-order chi connectivity index (χ0) is 16.5. The second-order valence-corrected chi connectivity index (χ2v) is 5.72. The lowest BCUT2D eigenvalue weighted by Gasteiger charge is -2.11. The van der Waals surface area contributed by atoms with E-state index in [4.69, 9.17) is 4.74 Å². The van der Waals surface area contributed by atoms with Gasteiger partial charge in [0.2, 0.25) is 5.91 Å². The largest absolute Gasteiger partial charge is 0.489 e. The monoisotopic (exact) mass is 331 g/mol. The van der Waals surface area contributed by atoms with Gasteiger partial charge in [0.15, 0.2) is 0 Å². The van der Waals surface area contributed by atoms with E-state index in [2.05, 4.69) is 11.9 Å². The van der Waals surface area contributed by atoms with Gasteiger partial charge in [-0.05, 0) is 18.2 Å². The lowest BCUT2D eigenvalue weighted by atomic mass is 10.2. The molecular formula is C18H18FNO2S. The van der Waals surface area contributed by atoms with Crippen molar-refractivity contribution in [2.24, 2.45) is 0 Å². The number of rotatable bonds is 8. The lowest BCUT2D eigenvalue weighted by molar-refractivity contribution is -0.118. The van der Waals surface area contributed by atoms with Crippen LogP contribution in [0.1, 0.15) is 5.56 Å². The molecule has 0 bridgehead atoms. The number of ether oxygens (including phenoxy) is 1. The molecule has 0 radical (unpaired) electrons. The highest BCUT2D eigenvalue weighted by atomic mass is 32.2. The molecule has 2 aromatic carbocycles. The number of carbonyl (C=O) groups is 1. The minimum absolute atomic E-state index is 0.156. The third-order valence-electron chi connectivity index (χ3n) is 3.00. The Kier molecular flexibility index (Phi) is 6.69. The third-order valence-corrected chi connectivity index (χ3v) is 4.05. The molecule has 2 rings (SSSR count). The van der Waals surface area contributed by atoms with Crippen LogP contribution >= 0.6 is 11.8 Å². The van der Waals surface area contributed by atoms with Crippen molar-refractivity contribution in [1.82, 2.24) is 5.32 Å². The Morgan fingerprint density at radius 2 is 1.96 bits per heavy atom. The molecule has 5 heteroatoms. The third kappa shape index (κ3) is 5.45. The van der Waals surface area contributed by atoms with Crippen LogP contribution in [-0.4, -0.2) is 18.3 Å². The topological polar surface area (TPSA) is 38.3 Å². The summed E-state index contributed by atoms with van der Waals surface area (Å²) in [6.07, 6.45) is 1.67. The van der Waals surface area contributed by atoms with E-state index in [-0.39, 0.29) is 17.5 Å². The molecule has 3 nitrogen and oxygen atoms in total. The second kappa shape index (κ2) is 9.00. The molecule has 0 heterocycles. The fourth-order valence-corrected chi connectivity index (χ4v) is 2.66.